The molecule has 0 aliphatic carbocycles. The third-order valence-corrected chi connectivity index (χ3v) is 3.03. The molecule has 0 radical (unpaired) electrons. The normalized spacial score (nSPS) is 14.9. The predicted octanol–water partition coefficient (Wildman–Crippen LogP) is -0.202. The van der Waals surface area contributed by atoms with Gasteiger partial charge in [0.2, 0.25) is 0 Å². The Bertz CT molecular complexity index is 458. The summed E-state index contributed by atoms with van der Waals surface area (Å²) in [6, 6.07) is 2.34. The van der Waals surface area contributed by atoms with E-state index in [4.69, 9.17) is 5.26 Å². The van der Waals surface area contributed by atoms with Gasteiger partial charge in [-0.25, -0.2) is 4.68 Å². The molecule has 1 aliphatic heterocycles. The van der Waals surface area contributed by atoms with Gasteiger partial charge in [0, 0.05) is 26.2 Å². The molecule has 1 N–H and O–H groups in total. The van der Waals surface area contributed by atoms with Gasteiger partial charge < -0.3 is 10.2 Å². The lowest BCUT2D eigenvalue weighted by molar-refractivity contribution is 0.0762. The van der Waals surface area contributed by atoms with Crippen LogP contribution in [0.4, 0.5) is 0 Å². The van der Waals surface area contributed by atoms with E-state index in [9.17, 15) is 4.79 Å². The molecule has 2 heterocycles. The van der Waals surface area contributed by atoms with Gasteiger partial charge in [0.25, 0.3) is 5.91 Å². The van der Waals surface area contributed by atoms with E-state index >= 15 is 0 Å². The highest BCUT2D eigenvalue weighted by atomic mass is 16.2. The smallest absolute Gasteiger partial charge is 0.276 e. The van der Waals surface area contributed by atoms with Crippen LogP contribution in [0.1, 0.15) is 29.9 Å². The summed E-state index contributed by atoms with van der Waals surface area (Å²) in [5.41, 5.74) is 0.349. The van der Waals surface area contributed by atoms with Crippen LogP contribution in [-0.4, -0.2) is 52.0 Å². The number of nitriles is 1. The molecule has 0 bridgehead atoms. The molecular formula is C11H16N6O. The number of rotatable bonds is 5. The molecule has 7 nitrogen and oxygen atoms in total. The predicted molar refractivity (Wildman–Crippen MR) is 63.7 cm³/mol. The van der Waals surface area contributed by atoms with E-state index in [-0.39, 0.29) is 5.91 Å². The van der Waals surface area contributed by atoms with Crippen molar-refractivity contribution in [3.63, 3.8) is 0 Å². The SMILES string of the molecule is CCN(CCC#N)C(=O)c1cn(C2CNC2)nn1. The summed E-state index contributed by atoms with van der Waals surface area (Å²) < 4.78 is 1.72. The van der Waals surface area contributed by atoms with Crippen molar-refractivity contribution in [3.05, 3.63) is 11.9 Å². The van der Waals surface area contributed by atoms with Crippen molar-refractivity contribution in [2.45, 2.75) is 19.4 Å². The second-order valence-electron chi connectivity index (χ2n) is 4.19. The van der Waals surface area contributed by atoms with Crippen molar-refractivity contribution in [1.82, 2.24) is 25.2 Å². The van der Waals surface area contributed by atoms with E-state index in [2.05, 4.69) is 15.6 Å². The Morgan fingerprint density at radius 1 is 1.72 bits per heavy atom. The average molecular weight is 248 g/mol. The number of nitrogens with one attached hydrogen (secondary N) is 1. The Hall–Kier alpha value is -1.94. The fourth-order valence-corrected chi connectivity index (χ4v) is 1.76. The lowest BCUT2D eigenvalue weighted by Gasteiger charge is -2.26. The highest BCUT2D eigenvalue weighted by molar-refractivity contribution is 5.91. The van der Waals surface area contributed by atoms with Crippen LogP contribution in [0.3, 0.4) is 0 Å². The van der Waals surface area contributed by atoms with Gasteiger partial charge in [-0.15, -0.1) is 5.10 Å². The summed E-state index contributed by atoms with van der Waals surface area (Å²) in [5.74, 6) is -0.161. The van der Waals surface area contributed by atoms with Crippen molar-refractivity contribution in [2.24, 2.45) is 0 Å². The maximum atomic E-state index is 12.1. The van der Waals surface area contributed by atoms with E-state index in [1.165, 1.54) is 0 Å². The Morgan fingerprint density at radius 3 is 3.06 bits per heavy atom. The molecule has 0 spiro atoms. The highest BCUT2D eigenvalue weighted by Gasteiger charge is 2.23. The summed E-state index contributed by atoms with van der Waals surface area (Å²) in [7, 11) is 0. The third-order valence-electron chi connectivity index (χ3n) is 3.03. The molecule has 1 amide bonds. The topological polar surface area (TPSA) is 86.8 Å². The van der Waals surface area contributed by atoms with E-state index in [1.807, 2.05) is 13.0 Å². The van der Waals surface area contributed by atoms with Crippen molar-refractivity contribution in [1.29, 1.82) is 5.26 Å². The molecular weight excluding hydrogens is 232 g/mol. The zero-order valence-corrected chi connectivity index (χ0v) is 10.3. The first-order valence-corrected chi connectivity index (χ1v) is 6.05. The second kappa shape index (κ2) is 5.60. The molecule has 96 valence electrons. The van der Waals surface area contributed by atoms with Crippen molar-refractivity contribution < 1.29 is 4.79 Å². The average Bonchev–Trinajstić information content (AvgIpc) is 2.76. The van der Waals surface area contributed by atoms with Gasteiger partial charge in [0.1, 0.15) is 0 Å². The Morgan fingerprint density at radius 2 is 2.50 bits per heavy atom. The van der Waals surface area contributed by atoms with Gasteiger partial charge in [-0.3, -0.25) is 4.79 Å². The molecule has 1 fully saturated rings. The lowest BCUT2D eigenvalue weighted by atomic mass is 10.2. The number of nitrogens with zero attached hydrogens (tertiary/aromatic N) is 5. The summed E-state index contributed by atoms with van der Waals surface area (Å²) in [5, 5.41) is 19.6. The van der Waals surface area contributed by atoms with Gasteiger partial charge in [0.15, 0.2) is 5.69 Å². The number of carbonyl (C=O) groups is 1. The monoisotopic (exact) mass is 248 g/mol. The molecule has 1 aliphatic rings. The van der Waals surface area contributed by atoms with Crippen LogP contribution in [0, 0.1) is 11.3 Å². The molecule has 18 heavy (non-hydrogen) atoms. The summed E-state index contributed by atoms with van der Waals surface area (Å²) in [6.45, 7) is 4.61. The minimum atomic E-state index is -0.161. The maximum absolute atomic E-state index is 12.1. The molecule has 0 saturated carbocycles. The molecule has 0 atom stereocenters. The van der Waals surface area contributed by atoms with Crippen molar-refractivity contribution >= 4 is 5.91 Å². The summed E-state index contributed by atoms with van der Waals surface area (Å²) in [6.07, 6.45) is 2.02. The number of hydrogen-bond donors (Lipinski definition) is 1. The van der Waals surface area contributed by atoms with Gasteiger partial charge in [0.05, 0.1) is 24.7 Å². The number of aromatic nitrogens is 3. The van der Waals surface area contributed by atoms with E-state index in [1.54, 1.807) is 15.8 Å². The number of hydrogen-bond acceptors (Lipinski definition) is 5. The molecule has 1 aromatic heterocycles. The molecule has 1 aromatic rings. The largest absolute Gasteiger partial charge is 0.336 e. The minimum absolute atomic E-state index is 0.161. The summed E-state index contributed by atoms with van der Waals surface area (Å²) in [4.78, 5) is 13.7. The van der Waals surface area contributed by atoms with Crippen LogP contribution in [-0.2, 0) is 0 Å². The number of amides is 1. The summed E-state index contributed by atoms with van der Waals surface area (Å²) >= 11 is 0. The zero-order valence-electron chi connectivity index (χ0n) is 10.3. The van der Waals surface area contributed by atoms with Gasteiger partial charge in [-0.05, 0) is 6.92 Å². The molecule has 1 saturated heterocycles. The fraction of sp³-hybridized carbons (Fsp3) is 0.636. The zero-order chi connectivity index (χ0) is 13.0. The second-order valence-corrected chi connectivity index (χ2v) is 4.19. The van der Waals surface area contributed by atoms with Crippen molar-refractivity contribution in [3.8, 4) is 6.07 Å². The third kappa shape index (κ3) is 2.49. The van der Waals surface area contributed by atoms with Crippen LogP contribution in [0.5, 0.6) is 0 Å². The quantitative estimate of drug-likeness (QED) is 0.779. The standard InChI is InChI=1S/C11H16N6O/c1-2-16(5-3-4-12)11(18)10-8-17(15-14-10)9-6-13-7-9/h8-9,13H,2-3,5-7H2,1H3. The Kier molecular flexibility index (Phi) is 3.89. The van der Waals surface area contributed by atoms with E-state index in [0.717, 1.165) is 13.1 Å². The van der Waals surface area contributed by atoms with Crippen LogP contribution >= 0.6 is 0 Å². The molecule has 0 unspecified atom stereocenters. The van der Waals surface area contributed by atoms with Crippen LogP contribution in [0.15, 0.2) is 6.20 Å². The first kappa shape index (κ1) is 12.5. The van der Waals surface area contributed by atoms with Gasteiger partial charge in [-0.1, -0.05) is 5.21 Å². The number of carbonyl (C=O) groups excluding carboxylic acids is 1. The Balaban J connectivity index is 2.02. The van der Waals surface area contributed by atoms with Crippen LogP contribution in [0.25, 0.3) is 0 Å². The lowest BCUT2D eigenvalue weighted by Crippen LogP contribution is -2.43. The maximum Gasteiger partial charge on any atom is 0.276 e. The molecule has 7 heteroatoms. The Labute approximate surface area is 105 Å². The first-order valence-electron chi connectivity index (χ1n) is 6.05. The fourth-order valence-electron chi connectivity index (χ4n) is 1.76. The van der Waals surface area contributed by atoms with E-state index < -0.39 is 0 Å². The van der Waals surface area contributed by atoms with Crippen LogP contribution < -0.4 is 5.32 Å². The van der Waals surface area contributed by atoms with Gasteiger partial charge in [-0.2, -0.15) is 5.26 Å². The van der Waals surface area contributed by atoms with Gasteiger partial charge >= 0.3 is 0 Å². The van der Waals surface area contributed by atoms with Crippen LogP contribution in [0.2, 0.25) is 0 Å². The molecule has 0 aromatic carbocycles. The first-order chi connectivity index (χ1) is 8.76. The van der Waals surface area contributed by atoms with E-state index in [0.29, 0.717) is 31.2 Å². The van der Waals surface area contributed by atoms with Crippen molar-refractivity contribution in [2.75, 3.05) is 26.2 Å². The molecule has 2 rings (SSSR count). The minimum Gasteiger partial charge on any atom is -0.336 e. The highest BCUT2D eigenvalue weighted by Crippen LogP contribution is 2.11.